The second-order valence-corrected chi connectivity index (χ2v) is 7.25. The topological polar surface area (TPSA) is 56.8 Å². The zero-order chi connectivity index (χ0) is 18.0. The first-order valence-corrected chi connectivity index (χ1v) is 9.24. The van der Waals surface area contributed by atoms with E-state index in [1.807, 2.05) is 22.8 Å². The molecule has 2 aliphatic rings. The maximum Gasteiger partial charge on any atom is 0.255 e. The SMILES string of the molecule is Cc1ncccc1C(=O)N1CCN(C2CCCN(C(C)C)C2=O)CC1. The number of carbonyl (C=O) groups is 2. The third kappa shape index (κ3) is 3.68. The average molecular weight is 344 g/mol. The van der Waals surface area contributed by atoms with Crippen LogP contribution in [0.15, 0.2) is 18.3 Å². The van der Waals surface area contributed by atoms with E-state index in [2.05, 4.69) is 23.7 Å². The van der Waals surface area contributed by atoms with Crippen LogP contribution in [-0.4, -0.2) is 76.3 Å². The fourth-order valence-electron chi connectivity index (χ4n) is 3.85. The fraction of sp³-hybridized carbons (Fsp3) is 0.632. The van der Waals surface area contributed by atoms with Crippen LogP contribution in [0.25, 0.3) is 0 Å². The zero-order valence-electron chi connectivity index (χ0n) is 15.4. The second kappa shape index (κ2) is 7.52. The summed E-state index contributed by atoms with van der Waals surface area (Å²) in [5, 5.41) is 0. The number of nitrogens with zero attached hydrogens (tertiary/aromatic N) is 4. The lowest BCUT2D eigenvalue weighted by atomic mass is 10.0. The number of rotatable bonds is 3. The van der Waals surface area contributed by atoms with Gasteiger partial charge in [0.25, 0.3) is 5.91 Å². The summed E-state index contributed by atoms with van der Waals surface area (Å²) in [5.74, 6) is 0.299. The molecule has 136 valence electrons. The van der Waals surface area contributed by atoms with Gasteiger partial charge in [0.05, 0.1) is 11.6 Å². The lowest BCUT2D eigenvalue weighted by Gasteiger charge is -2.43. The molecule has 2 saturated heterocycles. The van der Waals surface area contributed by atoms with Gasteiger partial charge in [-0.2, -0.15) is 0 Å². The Morgan fingerprint density at radius 2 is 1.92 bits per heavy atom. The minimum absolute atomic E-state index is 0.0199. The number of amides is 2. The molecule has 6 heteroatoms. The highest BCUT2D eigenvalue weighted by molar-refractivity contribution is 5.95. The molecular weight excluding hydrogens is 316 g/mol. The summed E-state index contributed by atoms with van der Waals surface area (Å²) >= 11 is 0. The molecule has 2 aliphatic heterocycles. The number of hydrogen-bond acceptors (Lipinski definition) is 4. The molecule has 0 bridgehead atoms. The van der Waals surface area contributed by atoms with Crippen LogP contribution in [-0.2, 0) is 4.79 Å². The molecule has 1 unspecified atom stereocenters. The van der Waals surface area contributed by atoms with Crippen LogP contribution in [0.2, 0.25) is 0 Å². The van der Waals surface area contributed by atoms with Crippen LogP contribution in [0.4, 0.5) is 0 Å². The predicted molar refractivity (Wildman–Crippen MR) is 96.3 cm³/mol. The standard InChI is InChI=1S/C19H28N4O2/c1-14(2)23-9-5-7-17(19(23)25)21-10-12-22(13-11-21)18(24)16-6-4-8-20-15(16)3/h4,6,8,14,17H,5,7,9-13H2,1-3H3. The minimum atomic E-state index is -0.0199. The van der Waals surface area contributed by atoms with E-state index in [4.69, 9.17) is 0 Å². The summed E-state index contributed by atoms with van der Waals surface area (Å²) in [5.41, 5.74) is 1.45. The van der Waals surface area contributed by atoms with Crippen molar-refractivity contribution in [2.45, 2.75) is 45.7 Å². The van der Waals surface area contributed by atoms with Gasteiger partial charge in [-0.15, -0.1) is 0 Å². The van der Waals surface area contributed by atoms with E-state index < -0.39 is 0 Å². The highest BCUT2D eigenvalue weighted by atomic mass is 16.2. The van der Waals surface area contributed by atoms with Gasteiger partial charge in [-0.1, -0.05) is 0 Å². The van der Waals surface area contributed by atoms with Crippen LogP contribution in [0.1, 0.15) is 42.7 Å². The third-order valence-corrected chi connectivity index (χ3v) is 5.35. The van der Waals surface area contributed by atoms with E-state index >= 15 is 0 Å². The van der Waals surface area contributed by atoms with Crippen molar-refractivity contribution in [3.05, 3.63) is 29.6 Å². The summed E-state index contributed by atoms with van der Waals surface area (Å²) in [6.45, 7) is 9.73. The molecule has 3 rings (SSSR count). The molecule has 2 amide bonds. The smallest absolute Gasteiger partial charge is 0.255 e. The van der Waals surface area contributed by atoms with Crippen molar-refractivity contribution in [1.82, 2.24) is 19.7 Å². The number of hydrogen-bond donors (Lipinski definition) is 0. The van der Waals surface area contributed by atoms with Gasteiger partial charge in [-0.25, -0.2) is 0 Å². The average Bonchev–Trinajstić information content (AvgIpc) is 2.62. The normalized spacial score (nSPS) is 22.6. The predicted octanol–water partition coefficient (Wildman–Crippen LogP) is 1.55. The Labute approximate surface area is 149 Å². The molecule has 0 spiro atoms. The third-order valence-electron chi connectivity index (χ3n) is 5.35. The number of piperidine rings is 1. The molecule has 1 atom stereocenters. The lowest BCUT2D eigenvalue weighted by Crippen LogP contribution is -2.59. The fourth-order valence-corrected chi connectivity index (χ4v) is 3.85. The van der Waals surface area contributed by atoms with Crippen molar-refractivity contribution in [2.24, 2.45) is 0 Å². The first kappa shape index (κ1) is 17.9. The molecule has 3 heterocycles. The van der Waals surface area contributed by atoms with E-state index in [1.54, 1.807) is 12.3 Å². The van der Waals surface area contributed by atoms with E-state index in [0.717, 1.165) is 38.2 Å². The Morgan fingerprint density at radius 3 is 2.56 bits per heavy atom. The summed E-state index contributed by atoms with van der Waals surface area (Å²) in [6.07, 6.45) is 3.69. The van der Waals surface area contributed by atoms with Crippen LogP contribution in [0, 0.1) is 6.92 Å². The molecule has 1 aromatic heterocycles. The molecule has 0 saturated carbocycles. The van der Waals surface area contributed by atoms with Crippen LogP contribution in [0.3, 0.4) is 0 Å². The van der Waals surface area contributed by atoms with E-state index in [1.165, 1.54) is 0 Å². The van der Waals surface area contributed by atoms with Crippen LogP contribution >= 0.6 is 0 Å². The van der Waals surface area contributed by atoms with Crippen molar-refractivity contribution in [1.29, 1.82) is 0 Å². The van der Waals surface area contributed by atoms with Gasteiger partial charge < -0.3 is 9.80 Å². The van der Waals surface area contributed by atoms with E-state index in [-0.39, 0.29) is 23.9 Å². The number of aromatic nitrogens is 1. The van der Waals surface area contributed by atoms with Crippen LogP contribution in [0.5, 0.6) is 0 Å². The summed E-state index contributed by atoms with van der Waals surface area (Å²) in [6, 6.07) is 3.88. The highest BCUT2D eigenvalue weighted by Crippen LogP contribution is 2.21. The lowest BCUT2D eigenvalue weighted by molar-refractivity contribution is -0.142. The first-order valence-electron chi connectivity index (χ1n) is 9.24. The Bertz CT molecular complexity index is 638. The molecule has 25 heavy (non-hydrogen) atoms. The maximum atomic E-state index is 12.7. The van der Waals surface area contributed by atoms with Crippen molar-refractivity contribution in [3.63, 3.8) is 0 Å². The van der Waals surface area contributed by atoms with Crippen molar-refractivity contribution in [2.75, 3.05) is 32.7 Å². The second-order valence-electron chi connectivity index (χ2n) is 7.25. The van der Waals surface area contributed by atoms with Crippen molar-refractivity contribution >= 4 is 11.8 Å². The van der Waals surface area contributed by atoms with Gasteiger partial charge in [-0.3, -0.25) is 19.5 Å². The van der Waals surface area contributed by atoms with Crippen LogP contribution < -0.4 is 0 Å². The number of piperazine rings is 1. The van der Waals surface area contributed by atoms with Gasteiger partial charge in [0.1, 0.15) is 0 Å². The van der Waals surface area contributed by atoms with Crippen molar-refractivity contribution < 1.29 is 9.59 Å². The monoisotopic (exact) mass is 344 g/mol. The van der Waals surface area contributed by atoms with Gasteiger partial charge >= 0.3 is 0 Å². The summed E-state index contributed by atoms with van der Waals surface area (Å²) in [4.78, 5) is 35.8. The van der Waals surface area contributed by atoms with Gasteiger partial charge in [-0.05, 0) is 45.7 Å². The number of likely N-dealkylation sites (tertiary alicyclic amines) is 1. The Hall–Kier alpha value is -1.95. The first-order chi connectivity index (χ1) is 12.0. The quantitative estimate of drug-likeness (QED) is 0.835. The highest BCUT2D eigenvalue weighted by Gasteiger charge is 2.36. The number of pyridine rings is 1. The van der Waals surface area contributed by atoms with Gasteiger partial charge in [0.15, 0.2) is 0 Å². The summed E-state index contributed by atoms with van der Waals surface area (Å²) < 4.78 is 0. The molecular formula is C19H28N4O2. The van der Waals surface area contributed by atoms with Gasteiger partial charge in [0.2, 0.25) is 5.91 Å². The molecule has 0 radical (unpaired) electrons. The molecule has 2 fully saturated rings. The molecule has 0 aliphatic carbocycles. The molecule has 1 aromatic rings. The molecule has 6 nitrogen and oxygen atoms in total. The van der Waals surface area contributed by atoms with E-state index in [9.17, 15) is 9.59 Å². The number of aryl methyl sites for hydroxylation is 1. The minimum Gasteiger partial charge on any atom is -0.339 e. The number of carbonyl (C=O) groups excluding carboxylic acids is 2. The van der Waals surface area contributed by atoms with Crippen molar-refractivity contribution in [3.8, 4) is 0 Å². The summed E-state index contributed by atoms with van der Waals surface area (Å²) in [7, 11) is 0. The van der Waals surface area contributed by atoms with E-state index in [0.29, 0.717) is 18.7 Å². The van der Waals surface area contributed by atoms with Gasteiger partial charge in [0, 0.05) is 50.7 Å². The largest absolute Gasteiger partial charge is 0.339 e. The Morgan fingerprint density at radius 1 is 1.20 bits per heavy atom. The maximum absolute atomic E-state index is 12.7. The zero-order valence-corrected chi connectivity index (χ0v) is 15.4. The Kier molecular flexibility index (Phi) is 5.37. The Balaban J connectivity index is 1.61. The molecule has 0 aromatic carbocycles. The molecule has 0 N–H and O–H groups in total.